The topological polar surface area (TPSA) is 82.7 Å². The molecule has 0 aromatic heterocycles. The van der Waals surface area contributed by atoms with Crippen molar-refractivity contribution >= 4 is 29.2 Å². The van der Waals surface area contributed by atoms with Gasteiger partial charge < -0.3 is 25.6 Å². The highest BCUT2D eigenvalue weighted by Crippen LogP contribution is 2.21. The van der Waals surface area contributed by atoms with Crippen molar-refractivity contribution in [3.05, 3.63) is 90.5 Å². The summed E-state index contributed by atoms with van der Waals surface area (Å²) in [4.78, 5) is 26.9. The van der Waals surface area contributed by atoms with Gasteiger partial charge in [-0.2, -0.15) is 0 Å². The molecule has 7 heteroatoms. The molecule has 0 saturated heterocycles. The Labute approximate surface area is 201 Å². The van der Waals surface area contributed by atoms with Gasteiger partial charge in [0, 0.05) is 25.3 Å². The first-order valence-corrected chi connectivity index (χ1v) is 11.3. The fraction of sp³-hybridized carbons (Fsp3) is 0.259. The molecule has 7 nitrogen and oxygen atoms in total. The molecule has 0 fully saturated rings. The number of hydrogen-bond donors (Lipinski definition) is 3. The average molecular weight is 461 g/mol. The van der Waals surface area contributed by atoms with Gasteiger partial charge in [0.2, 0.25) is 0 Å². The van der Waals surface area contributed by atoms with E-state index >= 15 is 0 Å². The molecule has 0 atom stereocenters. The molecular formula is C27H32N4O3. The van der Waals surface area contributed by atoms with E-state index in [1.54, 1.807) is 4.90 Å². The molecule has 0 aliphatic heterocycles. The number of hydrogen-bond acceptors (Lipinski definition) is 4. The highest BCUT2D eigenvalue weighted by atomic mass is 16.6. The van der Waals surface area contributed by atoms with Gasteiger partial charge in [-0.05, 0) is 50.6 Å². The van der Waals surface area contributed by atoms with E-state index in [0.717, 1.165) is 11.3 Å². The van der Waals surface area contributed by atoms with Crippen LogP contribution in [0.4, 0.5) is 26.7 Å². The van der Waals surface area contributed by atoms with Crippen LogP contribution in [0, 0.1) is 0 Å². The second-order valence-electron chi connectivity index (χ2n) is 8.81. The molecule has 3 amide bonds. The van der Waals surface area contributed by atoms with Crippen LogP contribution in [-0.4, -0.2) is 35.7 Å². The first-order valence-electron chi connectivity index (χ1n) is 11.3. The zero-order valence-electron chi connectivity index (χ0n) is 19.9. The Morgan fingerprint density at radius 2 is 1.38 bits per heavy atom. The summed E-state index contributed by atoms with van der Waals surface area (Å²) in [7, 11) is 0. The van der Waals surface area contributed by atoms with E-state index in [-0.39, 0.29) is 12.1 Å². The Hall–Kier alpha value is -4.00. The maximum atomic E-state index is 12.8. The van der Waals surface area contributed by atoms with Gasteiger partial charge in [-0.1, -0.05) is 60.7 Å². The summed E-state index contributed by atoms with van der Waals surface area (Å²) < 4.78 is 5.60. The quantitative estimate of drug-likeness (QED) is 0.375. The monoisotopic (exact) mass is 460 g/mol. The van der Waals surface area contributed by atoms with Gasteiger partial charge in [0.15, 0.2) is 0 Å². The third kappa shape index (κ3) is 8.16. The number of anilines is 3. The zero-order valence-corrected chi connectivity index (χ0v) is 19.9. The van der Waals surface area contributed by atoms with Crippen LogP contribution in [0.5, 0.6) is 0 Å². The summed E-state index contributed by atoms with van der Waals surface area (Å²) in [6.45, 7) is 6.90. The summed E-state index contributed by atoms with van der Waals surface area (Å²) >= 11 is 0. The number of benzene rings is 3. The first-order chi connectivity index (χ1) is 16.3. The normalized spacial score (nSPS) is 10.8. The highest BCUT2D eigenvalue weighted by molar-refractivity contribution is 6.01. The smallest absolute Gasteiger partial charge is 0.410 e. The maximum absolute atomic E-state index is 12.8. The molecule has 0 saturated carbocycles. The van der Waals surface area contributed by atoms with Crippen molar-refractivity contribution in [2.24, 2.45) is 0 Å². The predicted octanol–water partition coefficient (Wildman–Crippen LogP) is 6.18. The molecule has 0 aliphatic rings. The van der Waals surface area contributed by atoms with Crippen LogP contribution in [0.25, 0.3) is 0 Å². The van der Waals surface area contributed by atoms with Crippen LogP contribution in [0.15, 0.2) is 84.9 Å². The Kier molecular flexibility index (Phi) is 8.51. The van der Waals surface area contributed by atoms with Crippen LogP contribution < -0.4 is 16.0 Å². The lowest BCUT2D eigenvalue weighted by Crippen LogP contribution is -2.39. The number of para-hydroxylation sites is 3. The molecule has 178 valence electrons. The van der Waals surface area contributed by atoms with Gasteiger partial charge in [-0.3, -0.25) is 0 Å². The van der Waals surface area contributed by atoms with Crippen LogP contribution in [-0.2, 0) is 11.3 Å². The van der Waals surface area contributed by atoms with Gasteiger partial charge in [0.05, 0.1) is 11.4 Å². The summed E-state index contributed by atoms with van der Waals surface area (Å²) in [5.41, 5.74) is 2.55. The van der Waals surface area contributed by atoms with Crippen molar-refractivity contribution in [1.82, 2.24) is 4.90 Å². The molecule has 3 N–H and O–H groups in total. The molecule has 0 bridgehead atoms. The first kappa shape index (κ1) is 24.6. The van der Waals surface area contributed by atoms with Crippen LogP contribution in [0.1, 0.15) is 26.3 Å². The van der Waals surface area contributed by atoms with E-state index in [9.17, 15) is 9.59 Å². The molecule has 0 radical (unpaired) electrons. The van der Waals surface area contributed by atoms with Gasteiger partial charge in [0.25, 0.3) is 0 Å². The molecular weight excluding hydrogens is 428 g/mol. The van der Waals surface area contributed by atoms with Crippen molar-refractivity contribution in [2.75, 3.05) is 29.0 Å². The molecule has 0 aliphatic carbocycles. The molecule has 34 heavy (non-hydrogen) atoms. The summed E-state index contributed by atoms with van der Waals surface area (Å²) in [5.74, 6) is 0. The summed E-state index contributed by atoms with van der Waals surface area (Å²) in [6, 6.07) is 26.2. The van der Waals surface area contributed by atoms with Crippen LogP contribution in [0.3, 0.4) is 0 Å². The number of rotatable bonds is 8. The molecule has 3 aromatic rings. The fourth-order valence-corrected chi connectivity index (χ4v) is 3.24. The highest BCUT2D eigenvalue weighted by Gasteiger charge is 2.22. The minimum atomic E-state index is -0.581. The van der Waals surface area contributed by atoms with E-state index < -0.39 is 5.60 Å². The minimum Gasteiger partial charge on any atom is -0.444 e. The second-order valence-corrected chi connectivity index (χ2v) is 8.81. The summed E-state index contributed by atoms with van der Waals surface area (Å²) in [5, 5.41) is 9.01. The van der Waals surface area contributed by atoms with Crippen molar-refractivity contribution in [3.8, 4) is 0 Å². The van der Waals surface area contributed by atoms with Crippen LogP contribution in [0.2, 0.25) is 0 Å². The van der Waals surface area contributed by atoms with Crippen molar-refractivity contribution < 1.29 is 14.3 Å². The SMILES string of the molecule is CC(C)(C)OC(=O)N(CCNc1ccccc1NC(=O)Nc1ccccc1)Cc1ccccc1. The molecule has 0 heterocycles. The lowest BCUT2D eigenvalue weighted by atomic mass is 10.2. The van der Waals surface area contributed by atoms with Crippen molar-refractivity contribution in [3.63, 3.8) is 0 Å². The van der Waals surface area contributed by atoms with E-state index in [4.69, 9.17) is 4.74 Å². The number of nitrogens with one attached hydrogen (secondary N) is 3. The van der Waals surface area contributed by atoms with Gasteiger partial charge in [0.1, 0.15) is 5.60 Å². The molecule has 0 unspecified atom stereocenters. The van der Waals surface area contributed by atoms with Crippen molar-refractivity contribution in [1.29, 1.82) is 0 Å². The second kappa shape index (κ2) is 11.7. The molecule has 3 aromatic carbocycles. The number of ether oxygens (including phenoxy) is 1. The third-order valence-corrected chi connectivity index (χ3v) is 4.77. The van der Waals surface area contributed by atoms with Gasteiger partial charge >= 0.3 is 12.1 Å². The van der Waals surface area contributed by atoms with Crippen LogP contribution >= 0.6 is 0 Å². The Morgan fingerprint density at radius 3 is 2.03 bits per heavy atom. The molecule has 3 rings (SSSR count). The van der Waals surface area contributed by atoms with Gasteiger partial charge in [-0.15, -0.1) is 0 Å². The van der Waals surface area contributed by atoms with E-state index in [1.165, 1.54) is 0 Å². The standard InChI is InChI=1S/C27H32N4O3/c1-27(2,3)34-26(33)31(20-21-12-6-4-7-13-21)19-18-28-23-16-10-11-17-24(23)30-25(32)29-22-14-8-5-9-15-22/h4-17,28H,18-20H2,1-3H3,(H2,29,30,32). The Bertz CT molecular complexity index is 1070. The van der Waals surface area contributed by atoms with E-state index in [2.05, 4.69) is 16.0 Å². The van der Waals surface area contributed by atoms with Gasteiger partial charge in [-0.25, -0.2) is 9.59 Å². The molecule has 0 spiro atoms. The number of carbonyl (C=O) groups excluding carboxylic acids is 2. The predicted molar refractivity (Wildman–Crippen MR) is 137 cm³/mol. The number of carbonyl (C=O) groups is 2. The lowest BCUT2D eigenvalue weighted by Gasteiger charge is -2.28. The fourth-order valence-electron chi connectivity index (χ4n) is 3.24. The number of nitrogens with zero attached hydrogens (tertiary/aromatic N) is 1. The number of urea groups is 1. The Morgan fingerprint density at radius 1 is 0.794 bits per heavy atom. The maximum Gasteiger partial charge on any atom is 0.410 e. The Balaban J connectivity index is 1.62. The number of amides is 3. The zero-order chi connectivity index (χ0) is 24.4. The average Bonchev–Trinajstić information content (AvgIpc) is 2.79. The largest absolute Gasteiger partial charge is 0.444 e. The van der Waals surface area contributed by atoms with E-state index in [1.807, 2.05) is 106 Å². The third-order valence-electron chi connectivity index (χ3n) is 4.77. The summed E-state index contributed by atoms with van der Waals surface area (Å²) in [6.07, 6.45) is -0.369. The minimum absolute atomic E-state index is 0.333. The van der Waals surface area contributed by atoms with Crippen molar-refractivity contribution in [2.45, 2.75) is 32.9 Å². The van der Waals surface area contributed by atoms with E-state index in [0.29, 0.717) is 31.0 Å². The lowest BCUT2D eigenvalue weighted by molar-refractivity contribution is 0.0241.